The van der Waals surface area contributed by atoms with Crippen LogP contribution in [-0.4, -0.2) is 17.6 Å². The van der Waals surface area contributed by atoms with Crippen molar-refractivity contribution in [2.24, 2.45) is 0 Å². The summed E-state index contributed by atoms with van der Waals surface area (Å²) in [4.78, 5) is 11.6. The highest BCUT2D eigenvalue weighted by Gasteiger charge is 2.34. The maximum Gasteiger partial charge on any atom is 0.316 e. The molecule has 0 aromatic rings. The lowest BCUT2D eigenvalue weighted by molar-refractivity contribution is 0.222. The first-order chi connectivity index (χ1) is 7.24. The second-order valence-electron chi connectivity index (χ2n) is 4.63. The average molecular weight is 207 g/mol. The number of nitrogens with zero attached hydrogens (tertiary/aromatic N) is 1. The van der Waals surface area contributed by atoms with Gasteiger partial charge in [-0.05, 0) is 25.7 Å². The molecule has 2 N–H and O–H groups in total. The van der Waals surface area contributed by atoms with Gasteiger partial charge in [-0.3, -0.25) is 0 Å². The van der Waals surface area contributed by atoms with Gasteiger partial charge in [0.1, 0.15) is 5.54 Å². The molecule has 2 amide bonds. The van der Waals surface area contributed by atoms with Crippen LogP contribution in [0.25, 0.3) is 0 Å². The van der Waals surface area contributed by atoms with Crippen molar-refractivity contribution >= 4 is 6.03 Å². The molecule has 2 aliphatic carbocycles. The molecular formula is C11H17N3O. The molecule has 0 spiro atoms. The van der Waals surface area contributed by atoms with Crippen LogP contribution in [0.3, 0.4) is 0 Å². The zero-order chi connectivity index (χ0) is 10.7. The van der Waals surface area contributed by atoms with Gasteiger partial charge < -0.3 is 10.6 Å². The molecule has 4 nitrogen and oxygen atoms in total. The molecule has 4 heteroatoms. The van der Waals surface area contributed by atoms with Gasteiger partial charge in [0.2, 0.25) is 0 Å². The first-order valence-corrected chi connectivity index (χ1v) is 5.74. The number of urea groups is 1. The van der Waals surface area contributed by atoms with Crippen molar-refractivity contribution in [1.29, 1.82) is 5.26 Å². The van der Waals surface area contributed by atoms with E-state index in [1.165, 1.54) is 6.42 Å². The minimum absolute atomic E-state index is 0.166. The van der Waals surface area contributed by atoms with Crippen molar-refractivity contribution in [3.05, 3.63) is 0 Å². The van der Waals surface area contributed by atoms with Crippen LogP contribution in [0.1, 0.15) is 44.9 Å². The quantitative estimate of drug-likeness (QED) is 0.723. The van der Waals surface area contributed by atoms with Crippen LogP contribution in [0.4, 0.5) is 4.79 Å². The Bertz CT molecular complexity index is 285. The molecule has 82 valence electrons. The number of hydrogen-bond donors (Lipinski definition) is 2. The van der Waals surface area contributed by atoms with Gasteiger partial charge in [0.25, 0.3) is 0 Å². The zero-order valence-electron chi connectivity index (χ0n) is 8.88. The van der Waals surface area contributed by atoms with Crippen molar-refractivity contribution in [2.75, 3.05) is 0 Å². The molecule has 2 aliphatic rings. The summed E-state index contributed by atoms with van der Waals surface area (Å²) in [6, 6.07) is 2.46. The SMILES string of the molecule is N#CC1(NC(=O)NC2CC2)CCCCC1. The molecule has 0 aliphatic heterocycles. The number of nitriles is 1. The smallest absolute Gasteiger partial charge is 0.316 e. The van der Waals surface area contributed by atoms with Crippen molar-refractivity contribution in [1.82, 2.24) is 10.6 Å². The Morgan fingerprint density at radius 3 is 2.47 bits per heavy atom. The third-order valence-electron chi connectivity index (χ3n) is 3.19. The average Bonchev–Trinajstić information content (AvgIpc) is 3.03. The molecule has 0 atom stereocenters. The zero-order valence-corrected chi connectivity index (χ0v) is 8.88. The van der Waals surface area contributed by atoms with E-state index in [9.17, 15) is 4.79 Å². The second kappa shape index (κ2) is 4.09. The summed E-state index contributed by atoms with van der Waals surface area (Å²) >= 11 is 0. The highest BCUT2D eigenvalue weighted by Crippen LogP contribution is 2.27. The van der Waals surface area contributed by atoms with E-state index < -0.39 is 5.54 Å². The second-order valence-corrected chi connectivity index (χ2v) is 4.63. The fourth-order valence-electron chi connectivity index (χ4n) is 2.09. The van der Waals surface area contributed by atoms with Gasteiger partial charge in [0, 0.05) is 6.04 Å². The van der Waals surface area contributed by atoms with Crippen LogP contribution in [0.15, 0.2) is 0 Å². The summed E-state index contributed by atoms with van der Waals surface area (Å²) in [6.45, 7) is 0. The highest BCUT2D eigenvalue weighted by atomic mass is 16.2. The lowest BCUT2D eigenvalue weighted by Crippen LogP contribution is -2.52. The molecule has 15 heavy (non-hydrogen) atoms. The summed E-state index contributed by atoms with van der Waals surface area (Å²) in [7, 11) is 0. The first kappa shape index (κ1) is 10.3. The van der Waals surface area contributed by atoms with Crippen LogP contribution in [0.5, 0.6) is 0 Å². The van der Waals surface area contributed by atoms with E-state index in [1.54, 1.807) is 0 Å². The Balaban J connectivity index is 1.88. The predicted molar refractivity (Wildman–Crippen MR) is 56.1 cm³/mol. The van der Waals surface area contributed by atoms with Gasteiger partial charge in [-0.25, -0.2) is 4.79 Å². The number of hydrogen-bond acceptors (Lipinski definition) is 2. The van der Waals surface area contributed by atoms with Crippen molar-refractivity contribution in [3.63, 3.8) is 0 Å². The van der Waals surface area contributed by atoms with E-state index in [1.807, 2.05) is 0 Å². The molecular weight excluding hydrogens is 190 g/mol. The summed E-state index contributed by atoms with van der Waals surface area (Å²) < 4.78 is 0. The molecule has 0 saturated heterocycles. The Morgan fingerprint density at radius 2 is 1.93 bits per heavy atom. The molecule has 0 bridgehead atoms. The molecule has 2 fully saturated rings. The normalized spacial score (nSPS) is 23.9. The van der Waals surface area contributed by atoms with Crippen molar-refractivity contribution in [3.8, 4) is 6.07 Å². The van der Waals surface area contributed by atoms with E-state index in [-0.39, 0.29) is 6.03 Å². The van der Waals surface area contributed by atoms with Crippen molar-refractivity contribution < 1.29 is 4.79 Å². The summed E-state index contributed by atoms with van der Waals surface area (Å²) in [5.74, 6) is 0. The van der Waals surface area contributed by atoms with Gasteiger partial charge >= 0.3 is 6.03 Å². The number of nitrogens with one attached hydrogen (secondary N) is 2. The van der Waals surface area contributed by atoms with E-state index in [4.69, 9.17) is 5.26 Å². The van der Waals surface area contributed by atoms with E-state index in [0.717, 1.165) is 38.5 Å². The third kappa shape index (κ3) is 2.62. The van der Waals surface area contributed by atoms with Crippen LogP contribution in [0, 0.1) is 11.3 Å². The largest absolute Gasteiger partial charge is 0.335 e. The first-order valence-electron chi connectivity index (χ1n) is 5.74. The maximum absolute atomic E-state index is 11.6. The van der Waals surface area contributed by atoms with Crippen LogP contribution < -0.4 is 10.6 Å². The number of amides is 2. The van der Waals surface area contributed by atoms with E-state index >= 15 is 0 Å². The maximum atomic E-state index is 11.6. The van der Waals surface area contributed by atoms with Gasteiger partial charge in [-0.2, -0.15) is 5.26 Å². The Kier molecular flexibility index (Phi) is 2.81. The third-order valence-corrected chi connectivity index (χ3v) is 3.19. The molecule has 0 aromatic carbocycles. The topological polar surface area (TPSA) is 64.9 Å². The Morgan fingerprint density at radius 1 is 1.27 bits per heavy atom. The Hall–Kier alpha value is -1.24. The van der Waals surface area contributed by atoms with Crippen LogP contribution in [-0.2, 0) is 0 Å². The van der Waals surface area contributed by atoms with E-state index in [2.05, 4.69) is 16.7 Å². The summed E-state index contributed by atoms with van der Waals surface area (Å²) in [6.07, 6.45) is 6.99. The number of rotatable bonds is 2. The number of carbonyl (C=O) groups is 1. The minimum atomic E-state index is -0.600. The van der Waals surface area contributed by atoms with Crippen LogP contribution in [0.2, 0.25) is 0 Å². The summed E-state index contributed by atoms with van der Waals surface area (Å²) in [5.41, 5.74) is -0.600. The van der Waals surface area contributed by atoms with Gasteiger partial charge in [0.05, 0.1) is 6.07 Å². The molecule has 0 radical (unpaired) electrons. The number of carbonyl (C=O) groups excluding carboxylic acids is 1. The molecule has 2 saturated carbocycles. The van der Waals surface area contributed by atoms with Gasteiger partial charge in [0.15, 0.2) is 0 Å². The molecule has 0 unspecified atom stereocenters. The predicted octanol–water partition coefficient (Wildman–Crippen LogP) is 1.67. The fraction of sp³-hybridized carbons (Fsp3) is 0.818. The lowest BCUT2D eigenvalue weighted by atomic mass is 9.83. The standard InChI is InChI=1S/C11H17N3O/c12-8-11(6-2-1-3-7-11)14-10(15)13-9-4-5-9/h9H,1-7H2,(H2,13,14,15). The van der Waals surface area contributed by atoms with Crippen molar-refractivity contribution in [2.45, 2.75) is 56.5 Å². The fourth-order valence-corrected chi connectivity index (χ4v) is 2.09. The monoisotopic (exact) mass is 207 g/mol. The highest BCUT2D eigenvalue weighted by molar-refractivity contribution is 5.76. The lowest BCUT2D eigenvalue weighted by Gasteiger charge is -2.31. The summed E-state index contributed by atoms with van der Waals surface area (Å²) in [5, 5.41) is 14.8. The molecule has 0 aromatic heterocycles. The van der Waals surface area contributed by atoms with Gasteiger partial charge in [-0.15, -0.1) is 0 Å². The Labute approximate surface area is 90.0 Å². The minimum Gasteiger partial charge on any atom is -0.335 e. The van der Waals surface area contributed by atoms with Gasteiger partial charge in [-0.1, -0.05) is 19.3 Å². The van der Waals surface area contributed by atoms with E-state index in [0.29, 0.717) is 6.04 Å². The van der Waals surface area contributed by atoms with Crippen LogP contribution >= 0.6 is 0 Å². The molecule has 2 rings (SSSR count). The molecule has 0 heterocycles.